The molecule has 5 heteroatoms. The molecule has 1 aromatic carbocycles. The molecule has 0 bridgehead atoms. The monoisotopic (exact) mass is 354 g/mol. The summed E-state index contributed by atoms with van der Waals surface area (Å²) in [5, 5.41) is 6.39. The molecule has 1 aliphatic heterocycles. The van der Waals surface area contributed by atoms with Crippen molar-refractivity contribution in [3.05, 3.63) is 28.2 Å². The number of benzene rings is 1. The molecule has 1 aliphatic rings. The molecule has 1 aromatic rings. The lowest BCUT2D eigenvalue weighted by Gasteiger charge is -2.16. The summed E-state index contributed by atoms with van der Waals surface area (Å²) < 4.78 is 6.12. The summed E-state index contributed by atoms with van der Waals surface area (Å²) >= 11 is 3.47. The average Bonchev–Trinajstić information content (AvgIpc) is 2.98. The van der Waals surface area contributed by atoms with Gasteiger partial charge in [-0.1, -0.05) is 6.07 Å². The molecule has 116 valence electrons. The van der Waals surface area contributed by atoms with E-state index < -0.39 is 0 Å². The van der Waals surface area contributed by atoms with Crippen LogP contribution in [0.1, 0.15) is 37.8 Å². The summed E-state index contributed by atoms with van der Waals surface area (Å²) in [7, 11) is 1.64. The van der Waals surface area contributed by atoms with Crippen molar-refractivity contribution in [1.82, 2.24) is 10.6 Å². The summed E-state index contributed by atoms with van der Waals surface area (Å²) in [5.41, 5.74) is 1.07. The van der Waals surface area contributed by atoms with Gasteiger partial charge in [0.2, 0.25) is 5.91 Å². The number of halogens is 1. The highest BCUT2D eigenvalue weighted by molar-refractivity contribution is 9.10. The van der Waals surface area contributed by atoms with Gasteiger partial charge in [-0.2, -0.15) is 0 Å². The fourth-order valence-corrected chi connectivity index (χ4v) is 3.20. The first-order chi connectivity index (χ1) is 10.1. The van der Waals surface area contributed by atoms with E-state index in [4.69, 9.17) is 4.74 Å². The molecule has 21 heavy (non-hydrogen) atoms. The van der Waals surface area contributed by atoms with Crippen LogP contribution in [0.3, 0.4) is 0 Å². The van der Waals surface area contributed by atoms with Gasteiger partial charge in [-0.15, -0.1) is 0 Å². The standard InChI is InChI=1S/C16H23BrN2O2/c1-11(13-4-5-15(21-2)14(17)9-13)19-16(20)6-3-12-7-8-18-10-12/h4-5,9,11-12,18H,3,6-8,10H2,1-2H3,(H,19,20). The van der Waals surface area contributed by atoms with Crippen molar-refractivity contribution in [1.29, 1.82) is 0 Å². The topological polar surface area (TPSA) is 50.4 Å². The molecule has 2 N–H and O–H groups in total. The van der Waals surface area contributed by atoms with E-state index in [0.717, 1.165) is 35.3 Å². The van der Waals surface area contributed by atoms with Crippen LogP contribution in [0.2, 0.25) is 0 Å². The molecule has 0 aromatic heterocycles. The van der Waals surface area contributed by atoms with Crippen LogP contribution in [0.25, 0.3) is 0 Å². The SMILES string of the molecule is COc1ccc(C(C)NC(=O)CCC2CCNC2)cc1Br. The molecule has 2 rings (SSSR count). The van der Waals surface area contributed by atoms with Crippen molar-refractivity contribution >= 4 is 21.8 Å². The van der Waals surface area contributed by atoms with Gasteiger partial charge in [-0.05, 0) is 72.4 Å². The molecular weight excluding hydrogens is 332 g/mol. The summed E-state index contributed by atoms with van der Waals surface area (Å²) in [6, 6.07) is 5.88. The molecule has 2 unspecified atom stereocenters. The van der Waals surface area contributed by atoms with Gasteiger partial charge in [-0.25, -0.2) is 0 Å². The molecular formula is C16H23BrN2O2. The van der Waals surface area contributed by atoms with E-state index in [1.165, 1.54) is 6.42 Å². The number of carbonyl (C=O) groups excluding carboxylic acids is 1. The number of hydrogen-bond acceptors (Lipinski definition) is 3. The Bertz CT molecular complexity index is 487. The van der Waals surface area contributed by atoms with Gasteiger partial charge in [0.05, 0.1) is 17.6 Å². The number of amides is 1. The molecule has 4 nitrogen and oxygen atoms in total. The summed E-state index contributed by atoms with van der Waals surface area (Å²) in [6.07, 6.45) is 2.76. The Hall–Kier alpha value is -1.07. The van der Waals surface area contributed by atoms with Crippen LogP contribution < -0.4 is 15.4 Å². The third-order valence-corrected chi connectivity index (χ3v) is 4.62. The van der Waals surface area contributed by atoms with Crippen molar-refractivity contribution in [2.45, 2.75) is 32.2 Å². The maximum atomic E-state index is 12.0. The predicted octanol–water partition coefficient (Wildman–Crippen LogP) is 3.02. The number of ether oxygens (including phenoxy) is 1. The fraction of sp³-hybridized carbons (Fsp3) is 0.562. The number of nitrogens with one attached hydrogen (secondary N) is 2. The van der Waals surface area contributed by atoms with Gasteiger partial charge in [-0.3, -0.25) is 4.79 Å². The Kier molecular flexibility index (Phi) is 6.06. The van der Waals surface area contributed by atoms with Crippen LogP contribution in [-0.2, 0) is 4.79 Å². The Morgan fingerprint density at radius 3 is 3.00 bits per heavy atom. The Morgan fingerprint density at radius 1 is 1.57 bits per heavy atom. The van der Waals surface area contributed by atoms with Crippen LogP contribution in [0.5, 0.6) is 5.75 Å². The second-order valence-corrected chi connectivity index (χ2v) is 6.44. The summed E-state index contributed by atoms with van der Waals surface area (Å²) in [6.45, 7) is 4.14. The van der Waals surface area contributed by atoms with E-state index >= 15 is 0 Å². The van der Waals surface area contributed by atoms with Crippen LogP contribution >= 0.6 is 15.9 Å². The second-order valence-electron chi connectivity index (χ2n) is 5.58. The predicted molar refractivity (Wildman–Crippen MR) is 87.5 cm³/mol. The lowest BCUT2D eigenvalue weighted by molar-refractivity contribution is -0.122. The zero-order chi connectivity index (χ0) is 15.2. The number of methoxy groups -OCH3 is 1. The Labute approximate surface area is 134 Å². The van der Waals surface area contributed by atoms with Crippen LogP contribution in [0.4, 0.5) is 0 Å². The quantitative estimate of drug-likeness (QED) is 0.825. The van der Waals surface area contributed by atoms with Gasteiger partial charge in [0, 0.05) is 6.42 Å². The van der Waals surface area contributed by atoms with Crippen molar-refractivity contribution in [3.8, 4) is 5.75 Å². The summed E-state index contributed by atoms with van der Waals surface area (Å²) in [5.74, 6) is 1.58. The van der Waals surface area contributed by atoms with Crippen LogP contribution in [0, 0.1) is 5.92 Å². The molecule has 1 saturated heterocycles. The first-order valence-electron chi connectivity index (χ1n) is 7.43. The molecule has 1 heterocycles. The van der Waals surface area contributed by atoms with E-state index in [2.05, 4.69) is 26.6 Å². The van der Waals surface area contributed by atoms with E-state index in [1.807, 2.05) is 25.1 Å². The fourth-order valence-electron chi connectivity index (χ4n) is 2.65. The Morgan fingerprint density at radius 2 is 2.38 bits per heavy atom. The largest absolute Gasteiger partial charge is 0.496 e. The van der Waals surface area contributed by atoms with Gasteiger partial charge in [0.25, 0.3) is 0 Å². The highest BCUT2D eigenvalue weighted by atomic mass is 79.9. The minimum Gasteiger partial charge on any atom is -0.496 e. The lowest BCUT2D eigenvalue weighted by Crippen LogP contribution is -2.27. The smallest absolute Gasteiger partial charge is 0.220 e. The third kappa shape index (κ3) is 4.71. The number of carbonyl (C=O) groups is 1. The first kappa shape index (κ1) is 16.3. The van der Waals surface area contributed by atoms with Gasteiger partial charge >= 0.3 is 0 Å². The molecule has 0 aliphatic carbocycles. The minimum absolute atomic E-state index is 0.00130. The van der Waals surface area contributed by atoms with E-state index in [-0.39, 0.29) is 11.9 Å². The third-order valence-electron chi connectivity index (χ3n) is 4.00. The van der Waals surface area contributed by atoms with Crippen molar-refractivity contribution in [3.63, 3.8) is 0 Å². The normalized spacial score (nSPS) is 19.3. The van der Waals surface area contributed by atoms with Crippen LogP contribution in [0.15, 0.2) is 22.7 Å². The van der Waals surface area contributed by atoms with E-state index in [1.54, 1.807) is 7.11 Å². The molecule has 2 atom stereocenters. The highest BCUT2D eigenvalue weighted by Crippen LogP contribution is 2.28. The van der Waals surface area contributed by atoms with E-state index in [9.17, 15) is 4.79 Å². The maximum Gasteiger partial charge on any atom is 0.220 e. The van der Waals surface area contributed by atoms with Crippen molar-refractivity contribution < 1.29 is 9.53 Å². The van der Waals surface area contributed by atoms with Crippen LogP contribution in [-0.4, -0.2) is 26.1 Å². The van der Waals surface area contributed by atoms with Gasteiger partial charge < -0.3 is 15.4 Å². The van der Waals surface area contributed by atoms with E-state index in [0.29, 0.717) is 12.3 Å². The molecule has 0 saturated carbocycles. The highest BCUT2D eigenvalue weighted by Gasteiger charge is 2.17. The van der Waals surface area contributed by atoms with Crippen molar-refractivity contribution in [2.24, 2.45) is 5.92 Å². The molecule has 0 radical (unpaired) electrons. The van der Waals surface area contributed by atoms with Gasteiger partial charge in [0.1, 0.15) is 5.75 Å². The van der Waals surface area contributed by atoms with Crippen molar-refractivity contribution in [2.75, 3.05) is 20.2 Å². The Balaban J connectivity index is 1.83. The number of hydrogen-bond donors (Lipinski definition) is 2. The second kappa shape index (κ2) is 7.80. The summed E-state index contributed by atoms with van der Waals surface area (Å²) in [4.78, 5) is 12.0. The minimum atomic E-state index is 0.00130. The zero-order valence-corrected chi connectivity index (χ0v) is 14.2. The molecule has 1 amide bonds. The number of rotatable bonds is 6. The molecule has 1 fully saturated rings. The average molecular weight is 355 g/mol. The zero-order valence-electron chi connectivity index (χ0n) is 12.6. The molecule has 0 spiro atoms. The lowest BCUT2D eigenvalue weighted by atomic mass is 10.0. The first-order valence-corrected chi connectivity index (χ1v) is 8.23. The maximum absolute atomic E-state index is 12.0. The van der Waals surface area contributed by atoms with Gasteiger partial charge in [0.15, 0.2) is 0 Å².